The Bertz CT molecular complexity index is 1100. The predicted molar refractivity (Wildman–Crippen MR) is 115 cm³/mol. The van der Waals surface area contributed by atoms with Gasteiger partial charge in [0.1, 0.15) is 17.2 Å². The number of nitrogens with zero attached hydrogens (tertiary/aromatic N) is 3. The summed E-state index contributed by atoms with van der Waals surface area (Å²) in [5.74, 6) is 0.243. The van der Waals surface area contributed by atoms with E-state index in [1.54, 1.807) is 6.07 Å². The van der Waals surface area contributed by atoms with Crippen molar-refractivity contribution in [3.63, 3.8) is 0 Å². The van der Waals surface area contributed by atoms with E-state index in [1.807, 2.05) is 19.9 Å². The van der Waals surface area contributed by atoms with Gasteiger partial charge in [-0.05, 0) is 44.7 Å². The Morgan fingerprint density at radius 1 is 1.27 bits per heavy atom. The highest BCUT2D eigenvalue weighted by Crippen LogP contribution is 2.35. The number of rotatable bonds is 8. The molecule has 3 heterocycles. The standard InChI is InChI=1S/C22H25FN6O/c1-12(2)26-21-19(22(24)30)16(6-5-13-3-4-13)28-17-7-8-18(29-20(17)21)27-15-9-14(23)10-25-11-15/h7-13H,3-6H2,1-2H3,(H2,24,30)(H,26,28)(H,27,29). The van der Waals surface area contributed by atoms with Crippen molar-refractivity contribution in [2.75, 3.05) is 10.6 Å². The number of hydrogen-bond donors (Lipinski definition) is 3. The zero-order valence-electron chi connectivity index (χ0n) is 17.1. The van der Waals surface area contributed by atoms with Crippen molar-refractivity contribution in [1.29, 1.82) is 0 Å². The summed E-state index contributed by atoms with van der Waals surface area (Å²) >= 11 is 0. The molecular weight excluding hydrogens is 383 g/mol. The van der Waals surface area contributed by atoms with Crippen molar-refractivity contribution < 1.29 is 9.18 Å². The fraction of sp³-hybridized carbons (Fsp3) is 0.364. The van der Waals surface area contributed by atoms with E-state index in [0.717, 1.165) is 12.6 Å². The summed E-state index contributed by atoms with van der Waals surface area (Å²) in [7, 11) is 0. The third-order valence-corrected chi connectivity index (χ3v) is 5.05. The van der Waals surface area contributed by atoms with Crippen LogP contribution in [0.1, 0.15) is 49.2 Å². The second-order valence-electron chi connectivity index (χ2n) is 8.03. The van der Waals surface area contributed by atoms with E-state index < -0.39 is 11.7 Å². The van der Waals surface area contributed by atoms with Crippen LogP contribution >= 0.6 is 0 Å². The molecule has 3 aromatic rings. The lowest BCUT2D eigenvalue weighted by atomic mass is 10.0. The minimum Gasteiger partial charge on any atom is -0.380 e. The summed E-state index contributed by atoms with van der Waals surface area (Å²) in [6, 6.07) is 5.01. The molecule has 8 heteroatoms. The van der Waals surface area contributed by atoms with Crippen LogP contribution in [0.5, 0.6) is 0 Å². The van der Waals surface area contributed by atoms with Crippen LogP contribution in [0.4, 0.5) is 21.6 Å². The quantitative estimate of drug-likeness (QED) is 0.517. The van der Waals surface area contributed by atoms with Gasteiger partial charge in [0.05, 0.1) is 40.5 Å². The summed E-state index contributed by atoms with van der Waals surface area (Å²) in [5.41, 5.74) is 9.17. The second kappa shape index (κ2) is 8.22. The molecule has 1 amide bonds. The van der Waals surface area contributed by atoms with Crippen molar-refractivity contribution in [1.82, 2.24) is 15.0 Å². The summed E-state index contributed by atoms with van der Waals surface area (Å²) in [6.07, 6.45) is 6.83. The van der Waals surface area contributed by atoms with Gasteiger partial charge < -0.3 is 16.4 Å². The van der Waals surface area contributed by atoms with Gasteiger partial charge in [0.25, 0.3) is 5.91 Å². The topological polar surface area (TPSA) is 106 Å². The molecule has 1 saturated carbocycles. The molecule has 0 radical (unpaired) electrons. The number of halogens is 1. The number of amides is 1. The molecule has 0 saturated heterocycles. The number of primary amides is 1. The maximum Gasteiger partial charge on any atom is 0.252 e. The first kappa shape index (κ1) is 20.0. The summed E-state index contributed by atoms with van der Waals surface area (Å²) in [5, 5.41) is 6.38. The zero-order chi connectivity index (χ0) is 21.3. The highest BCUT2D eigenvalue weighted by Gasteiger charge is 2.25. The van der Waals surface area contributed by atoms with Crippen LogP contribution < -0.4 is 16.4 Å². The Kier molecular flexibility index (Phi) is 5.48. The van der Waals surface area contributed by atoms with E-state index in [9.17, 15) is 9.18 Å². The number of pyridine rings is 3. The Morgan fingerprint density at radius 2 is 2.07 bits per heavy atom. The van der Waals surface area contributed by atoms with Gasteiger partial charge in [-0.2, -0.15) is 0 Å². The monoisotopic (exact) mass is 408 g/mol. The van der Waals surface area contributed by atoms with Crippen LogP contribution in [0.3, 0.4) is 0 Å². The number of carbonyl (C=O) groups is 1. The number of anilines is 3. The van der Waals surface area contributed by atoms with E-state index in [1.165, 1.54) is 25.1 Å². The van der Waals surface area contributed by atoms with Crippen LogP contribution in [0.15, 0.2) is 30.6 Å². The number of hydrogen-bond acceptors (Lipinski definition) is 6. The molecule has 4 N–H and O–H groups in total. The maximum atomic E-state index is 13.5. The lowest BCUT2D eigenvalue weighted by molar-refractivity contribution is 0.0999. The first-order chi connectivity index (χ1) is 14.4. The van der Waals surface area contributed by atoms with Gasteiger partial charge in [-0.15, -0.1) is 0 Å². The van der Waals surface area contributed by atoms with Crippen LogP contribution in [0.2, 0.25) is 0 Å². The molecule has 7 nitrogen and oxygen atoms in total. The maximum absolute atomic E-state index is 13.5. The number of nitrogens with one attached hydrogen (secondary N) is 2. The van der Waals surface area contributed by atoms with Gasteiger partial charge in [0, 0.05) is 12.1 Å². The third-order valence-electron chi connectivity index (χ3n) is 5.05. The van der Waals surface area contributed by atoms with Crippen LogP contribution in [-0.2, 0) is 6.42 Å². The highest BCUT2D eigenvalue weighted by molar-refractivity contribution is 6.06. The Morgan fingerprint density at radius 3 is 2.73 bits per heavy atom. The van der Waals surface area contributed by atoms with Gasteiger partial charge >= 0.3 is 0 Å². The average molecular weight is 408 g/mol. The smallest absolute Gasteiger partial charge is 0.252 e. The fourth-order valence-electron chi connectivity index (χ4n) is 3.51. The molecule has 0 aromatic carbocycles. The number of fused-ring (bicyclic) bond motifs is 1. The Balaban J connectivity index is 1.80. The molecular formula is C22H25FN6O. The molecule has 3 aromatic heterocycles. The molecule has 1 aliphatic carbocycles. The third kappa shape index (κ3) is 4.48. The van der Waals surface area contributed by atoms with E-state index >= 15 is 0 Å². The number of nitrogens with two attached hydrogens (primary N) is 1. The molecule has 1 aliphatic rings. The minimum absolute atomic E-state index is 0.0656. The second-order valence-corrected chi connectivity index (χ2v) is 8.03. The van der Waals surface area contributed by atoms with Crippen molar-refractivity contribution in [2.45, 2.75) is 45.6 Å². The minimum atomic E-state index is -0.521. The summed E-state index contributed by atoms with van der Waals surface area (Å²) in [4.78, 5) is 25.6. The van der Waals surface area contributed by atoms with Crippen LogP contribution in [-0.4, -0.2) is 26.9 Å². The molecule has 0 atom stereocenters. The molecule has 0 bridgehead atoms. The number of carbonyl (C=O) groups excluding carboxylic acids is 1. The van der Waals surface area contributed by atoms with Crippen LogP contribution in [0.25, 0.3) is 11.0 Å². The molecule has 1 fully saturated rings. The zero-order valence-corrected chi connectivity index (χ0v) is 17.1. The van der Waals surface area contributed by atoms with Gasteiger partial charge in [0.15, 0.2) is 0 Å². The van der Waals surface area contributed by atoms with Crippen LogP contribution in [0, 0.1) is 11.7 Å². The molecule has 0 spiro atoms. The van der Waals surface area contributed by atoms with Gasteiger partial charge in [-0.1, -0.05) is 12.8 Å². The predicted octanol–water partition coefficient (Wildman–Crippen LogP) is 4.17. The normalized spacial score (nSPS) is 13.6. The number of aromatic nitrogens is 3. The van der Waals surface area contributed by atoms with Gasteiger partial charge in [-0.25, -0.2) is 9.37 Å². The van der Waals surface area contributed by atoms with Crippen molar-refractivity contribution >= 4 is 34.1 Å². The SMILES string of the molecule is CC(C)Nc1c(C(N)=O)c(CCC2CC2)nc2ccc(Nc3cncc(F)c3)nc12. The molecule has 4 rings (SSSR count). The average Bonchev–Trinajstić information content (AvgIpc) is 3.50. The Hall–Kier alpha value is -3.29. The van der Waals surface area contributed by atoms with Crippen molar-refractivity contribution in [3.05, 3.63) is 47.7 Å². The molecule has 156 valence electrons. The first-order valence-corrected chi connectivity index (χ1v) is 10.2. The molecule has 0 aliphatic heterocycles. The van der Waals surface area contributed by atoms with E-state index in [2.05, 4.69) is 20.6 Å². The van der Waals surface area contributed by atoms with E-state index in [-0.39, 0.29) is 6.04 Å². The largest absolute Gasteiger partial charge is 0.380 e. The van der Waals surface area contributed by atoms with Crippen molar-refractivity contribution in [2.24, 2.45) is 11.7 Å². The Labute approximate surface area is 174 Å². The lowest BCUT2D eigenvalue weighted by Gasteiger charge is -2.19. The first-order valence-electron chi connectivity index (χ1n) is 10.2. The summed E-state index contributed by atoms with van der Waals surface area (Å²) in [6.45, 7) is 3.98. The fourth-order valence-corrected chi connectivity index (χ4v) is 3.51. The lowest BCUT2D eigenvalue weighted by Crippen LogP contribution is -2.21. The number of aryl methyl sites for hydroxylation is 1. The van der Waals surface area contributed by atoms with Crippen molar-refractivity contribution in [3.8, 4) is 0 Å². The van der Waals surface area contributed by atoms with Gasteiger partial charge in [0.2, 0.25) is 0 Å². The molecule has 30 heavy (non-hydrogen) atoms. The summed E-state index contributed by atoms with van der Waals surface area (Å²) < 4.78 is 13.5. The highest BCUT2D eigenvalue weighted by atomic mass is 19.1. The van der Waals surface area contributed by atoms with E-state index in [4.69, 9.17) is 10.7 Å². The molecule has 0 unspecified atom stereocenters. The van der Waals surface area contributed by atoms with Gasteiger partial charge in [-0.3, -0.25) is 14.8 Å². The van der Waals surface area contributed by atoms with E-state index in [0.29, 0.717) is 51.8 Å².